The highest BCUT2D eigenvalue weighted by molar-refractivity contribution is 6.33. The van der Waals surface area contributed by atoms with Gasteiger partial charge in [-0.3, -0.25) is 0 Å². The maximum Gasteiger partial charge on any atom is 0.0639 e. The number of nitrogens with one attached hydrogen (secondary N) is 1. The fourth-order valence-electron chi connectivity index (χ4n) is 1.67. The monoisotopic (exact) mass is 240 g/mol. The molecule has 0 bridgehead atoms. The average molecular weight is 241 g/mol. The quantitative estimate of drug-likeness (QED) is 0.737. The molecular formula is C13H21ClN2. The van der Waals surface area contributed by atoms with Crippen LogP contribution in [0.25, 0.3) is 0 Å². The molecule has 0 saturated heterocycles. The third-order valence-electron chi connectivity index (χ3n) is 2.56. The number of benzene rings is 1. The van der Waals surface area contributed by atoms with E-state index < -0.39 is 0 Å². The first-order chi connectivity index (χ1) is 7.79. The Morgan fingerprint density at radius 2 is 1.94 bits per heavy atom. The third kappa shape index (κ3) is 4.03. The van der Waals surface area contributed by atoms with Gasteiger partial charge in [0.1, 0.15) is 0 Å². The van der Waals surface area contributed by atoms with Crippen molar-refractivity contribution in [1.82, 2.24) is 5.32 Å². The summed E-state index contributed by atoms with van der Waals surface area (Å²) in [6.45, 7) is 8.41. The lowest BCUT2D eigenvalue weighted by molar-refractivity contribution is 0.655. The fraction of sp³-hybridized carbons (Fsp3) is 0.538. The van der Waals surface area contributed by atoms with Crippen molar-refractivity contribution in [3.63, 3.8) is 0 Å². The van der Waals surface area contributed by atoms with Crippen LogP contribution in [-0.4, -0.2) is 26.2 Å². The van der Waals surface area contributed by atoms with Crippen LogP contribution in [0.5, 0.6) is 0 Å². The number of hydrogen-bond donors (Lipinski definition) is 1. The predicted octanol–water partition coefficient (Wildman–Crippen LogP) is 3.17. The van der Waals surface area contributed by atoms with Crippen LogP contribution in [0.2, 0.25) is 5.02 Å². The molecule has 1 N–H and O–H groups in total. The Morgan fingerprint density at radius 1 is 1.19 bits per heavy atom. The van der Waals surface area contributed by atoms with E-state index in [4.69, 9.17) is 11.6 Å². The van der Waals surface area contributed by atoms with Gasteiger partial charge in [0.05, 0.1) is 10.7 Å². The van der Waals surface area contributed by atoms with Gasteiger partial charge in [0.15, 0.2) is 0 Å². The normalized spacial score (nSPS) is 10.4. The van der Waals surface area contributed by atoms with Crippen molar-refractivity contribution in [3.8, 4) is 0 Å². The topological polar surface area (TPSA) is 15.3 Å². The van der Waals surface area contributed by atoms with E-state index in [1.807, 2.05) is 18.2 Å². The lowest BCUT2D eigenvalue weighted by Crippen LogP contribution is -2.32. The summed E-state index contributed by atoms with van der Waals surface area (Å²) in [6.07, 6.45) is 1.18. The molecular weight excluding hydrogens is 220 g/mol. The zero-order chi connectivity index (χ0) is 11.8. The molecule has 90 valence electrons. The number of rotatable bonds is 7. The molecule has 1 aromatic rings. The van der Waals surface area contributed by atoms with Crippen LogP contribution in [0, 0.1) is 0 Å². The molecule has 0 heterocycles. The van der Waals surface area contributed by atoms with Gasteiger partial charge in [-0.1, -0.05) is 30.7 Å². The van der Waals surface area contributed by atoms with Crippen LogP contribution < -0.4 is 10.2 Å². The molecule has 0 fully saturated rings. The summed E-state index contributed by atoms with van der Waals surface area (Å²) in [4.78, 5) is 2.30. The first-order valence-electron chi connectivity index (χ1n) is 5.99. The van der Waals surface area contributed by atoms with Crippen molar-refractivity contribution >= 4 is 17.3 Å². The minimum Gasteiger partial charge on any atom is -0.369 e. The van der Waals surface area contributed by atoms with Crippen LogP contribution in [0.4, 0.5) is 5.69 Å². The summed E-state index contributed by atoms with van der Waals surface area (Å²) in [5.74, 6) is 0. The minimum absolute atomic E-state index is 0.833. The van der Waals surface area contributed by atoms with Crippen LogP contribution in [0.3, 0.4) is 0 Å². The maximum atomic E-state index is 6.18. The molecule has 0 spiro atoms. The Morgan fingerprint density at radius 3 is 2.56 bits per heavy atom. The van der Waals surface area contributed by atoms with Gasteiger partial charge in [0.25, 0.3) is 0 Å². The molecule has 0 saturated carbocycles. The van der Waals surface area contributed by atoms with E-state index >= 15 is 0 Å². The van der Waals surface area contributed by atoms with E-state index in [9.17, 15) is 0 Å². The van der Waals surface area contributed by atoms with Gasteiger partial charge in [-0.15, -0.1) is 0 Å². The summed E-state index contributed by atoms with van der Waals surface area (Å²) in [7, 11) is 0. The molecule has 0 aromatic heterocycles. The Kier molecular flexibility index (Phi) is 6.27. The summed E-state index contributed by atoms with van der Waals surface area (Å²) in [5, 5.41) is 4.24. The lowest BCUT2D eigenvalue weighted by Gasteiger charge is -2.24. The zero-order valence-corrected chi connectivity index (χ0v) is 10.9. The molecule has 0 unspecified atom stereocenters. The van der Waals surface area contributed by atoms with E-state index in [0.717, 1.165) is 36.9 Å². The number of hydrogen-bond acceptors (Lipinski definition) is 2. The molecule has 3 heteroatoms. The van der Waals surface area contributed by atoms with Gasteiger partial charge >= 0.3 is 0 Å². The number of nitrogens with zero attached hydrogens (tertiary/aromatic N) is 1. The summed E-state index contributed by atoms with van der Waals surface area (Å²) in [6, 6.07) is 8.02. The van der Waals surface area contributed by atoms with Crippen molar-refractivity contribution in [2.45, 2.75) is 20.3 Å². The Hall–Kier alpha value is -0.730. The van der Waals surface area contributed by atoms with E-state index in [0.29, 0.717) is 0 Å². The highest BCUT2D eigenvalue weighted by atomic mass is 35.5. The molecule has 0 aliphatic rings. The van der Waals surface area contributed by atoms with Crippen LogP contribution >= 0.6 is 11.6 Å². The Balaban J connectivity index is 2.51. The third-order valence-corrected chi connectivity index (χ3v) is 2.88. The van der Waals surface area contributed by atoms with Crippen LogP contribution in [-0.2, 0) is 0 Å². The van der Waals surface area contributed by atoms with Crippen molar-refractivity contribution < 1.29 is 0 Å². The fourth-order valence-corrected chi connectivity index (χ4v) is 1.93. The number of halogens is 1. The van der Waals surface area contributed by atoms with Gasteiger partial charge < -0.3 is 10.2 Å². The summed E-state index contributed by atoms with van der Waals surface area (Å²) < 4.78 is 0. The minimum atomic E-state index is 0.833. The number of anilines is 1. The second-order valence-electron chi connectivity index (χ2n) is 3.78. The van der Waals surface area contributed by atoms with Crippen molar-refractivity contribution in [3.05, 3.63) is 29.3 Å². The number of likely N-dealkylation sites (N-methyl/N-ethyl adjacent to an activating group) is 1. The standard InChI is InChI=1S/C13H21ClN2/c1-3-9-15-10-11-16(4-2)13-8-6-5-7-12(13)14/h5-8,15H,3-4,9-11H2,1-2H3. The molecule has 0 atom stereocenters. The Bertz CT molecular complexity index is 302. The van der Waals surface area contributed by atoms with Crippen molar-refractivity contribution in [1.29, 1.82) is 0 Å². The molecule has 16 heavy (non-hydrogen) atoms. The van der Waals surface area contributed by atoms with Gasteiger partial charge in [-0.2, -0.15) is 0 Å². The maximum absolute atomic E-state index is 6.18. The summed E-state index contributed by atoms with van der Waals surface area (Å²) >= 11 is 6.18. The van der Waals surface area contributed by atoms with Gasteiger partial charge in [-0.05, 0) is 32.0 Å². The van der Waals surface area contributed by atoms with Crippen molar-refractivity contribution in [2.24, 2.45) is 0 Å². The second kappa shape index (κ2) is 7.53. The highest BCUT2D eigenvalue weighted by Gasteiger charge is 2.06. The molecule has 2 nitrogen and oxygen atoms in total. The predicted molar refractivity (Wildman–Crippen MR) is 72.5 cm³/mol. The molecule has 1 rings (SSSR count). The van der Waals surface area contributed by atoms with Crippen molar-refractivity contribution in [2.75, 3.05) is 31.1 Å². The second-order valence-corrected chi connectivity index (χ2v) is 4.19. The average Bonchev–Trinajstić information content (AvgIpc) is 2.31. The van der Waals surface area contributed by atoms with E-state index in [-0.39, 0.29) is 0 Å². The van der Waals surface area contributed by atoms with Gasteiger partial charge in [-0.25, -0.2) is 0 Å². The molecule has 0 radical (unpaired) electrons. The van der Waals surface area contributed by atoms with E-state index in [2.05, 4.69) is 30.1 Å². The van der Waals surface area contributed by atoms with Crippen LogP contribution in [0.15, 0.2) is 24.3 Å². The Labute approximate surface area is 104 Å². The van der Waals surface area contributed by atoms with Gasteiger partial charge in [0.2, 0.25) is 0 Å². The molecule has 0 amide bonds. The molecule has 1 aromatic carbocycles. The lowest BCUT2D eigenvalue weighted by atomic mass is 10.3. The largest absolute Gasteiger partial charge is 0.369 e. The smallest absolute Gasteiger partial charge is 0.0639 e. The van der Waals surface area contributed by atoms with E-state index in [1.54, 1.807) is 0 Å². The zero-order valence-electron chi connectivity index (χ0n) is 10.2. The van der Waals surface area contributed by atoms with E-state index in [1.165, 1.54) is 6.42 Å². The molecule has 0 aliphatic heterocycles. The number of para-hydroxylation sites is 1. The highest BCUT2D eigenvalue weighted by Crippen LogP contribution is 2.24. The SMILES string of the molecule is CCCNCCN(CC)c1ccccc1Cl. The van der Waals surface area contributed by atoms with Crippen LogP contribution in [0.1, 0.15) is 20.3 Å². The van der Waals surface area contributed by atoms with Gasteiger partial charge in [0, 0.05) is 19.6 Å². The first kappa shape index (κ1) is 13.3. The summed E-state index contributed by atoms with van der Waals surface area (Å²) in [5.41, 5.74) is 1.13. The molecule has 0 aliphatic carbocycles. The first-order valence-corrected chi connectivity index (χ1v) is 6.37.